The van der Waals surface area contributed by atoms with E-state index >= 15 is 0 Å². The number of aromatic nitrogens is 1. The largest absolute Gasteiger partial charge is 0.258 e. The molecule has 2 aromatic carbocycles. The first-order valence-corrected chi connectivity index (χ1v) is 9.36. The van der Waals surface area contributed by atoms with Crippen molar-refractivity contribution >= 4 is 22.1 Å². The molecule has 0 aliphatic carbocycles. The van der Waals surface area contributed by atoms with E-state index in [1.165, 1.54) is 5.56 Å². The van der Waals surface area contributed by atoms with E-state index in [9.17, 15) is 4.21 Å². The first-order chi connectivity index (χ1) is 10.7. The first-order valence-electron chi connectivity index (χ1n) is 7.10. The summed E-state index contributed by atoms with van der Waals surface area (Å²) in [5.41, 5.74) is 5.19. The molecule has 0 amide bonds. The van der Waals surface area contributed by atoms with Crippen LogP contribution in [0.25, 0.3) is 0 Å². The minimum Gasteiger partial charge on any atom is -0.258 e. The summed E-state index contributed by atoms with van der Waals surface area (Å²) in [6.45, 7) is 2.07. The van der Waals surface area contributed by atoms with E-state index in [1.54, 1.807) is 23.0 Å². The third kappa shape index (κ3) is 3.51. The Balaban J connectivity index is 1.95. The van der Waals surface area contributed by atoms with E-state index in [2.05, 4.69) is 48.3 Å². The number of aryl methyl sites for hydroxylation is 1. The van der Waals surface area contributed by atoms with Gasteiger partial charge in [-0.25, -0.2) is 0 Å². The van der Waals surface area contributed by atoms with Crippen molar-refractivity contribution in [3.63, 3.8) is 0 Å². The van der Waals surface area contributed by atoms with Crippen molar-refractivity contribution in [2.45, 2.75) is 17.9 Å². The van der Waals surface area contributed by atoms with Gasteiger partial charge in [0.1, 0.15) is 0 Å². The summed E-state index contributed by atoms with van der Waals surface area (Å²) in [4.78, 5) is 5.14. The van der Waals surface area contributed by atoms with Crippen LogP contribution in [-0.4, -0.2) is 9.19 Å². The lowest BCUT2D eigenvalue weighted by Gasteiger charge is -2.17. The fourth-order valence-corrected chi connectivity index (χ4v) is 4.84. The van der Waals surface area contributed by atoms with E-state index in [0.717, 1.165) is 16.0 Å². The van der Waals surface area contributed by atoms with Crippen LogP contribution in [0.3, 0.4) is 0 Å². The molecule has 0 bridgehead atoms. The van der Waals surface area contributed by atoms with Crippen molar-refractivity contribution in [3.05, 3.63) is 87.9 Å². The monoisotopic (exact) mass is 327 g/mol. The van der Waals surface area contributed by atoms with Crippen LogP contribution in [0, 0.1) is 6.92 Å². The van der Waals surface area contributed by atoms with E-state index in [1.807, 2.05) is 18.2 Å². The summed E-state index contributed by atoms with van der Waals surface area (Å²) < 4.78 is 13.0. The molecule has 3 rings (SSSR count). The van der Waals surface area contributed by atoms with Crippen LogP contribution in [0.4, 0.5) is 0 Å². The summed E-state index contributed by atoms with van der Waals surface area (Å²) in [7, 11) is -1.03. The summed E-state index contributed by atoms with van der Waals surface area (Å²) in [6, 6.07) is 18.4. The normalized spacial score (nSPS) is 13.7. The molecule has 0 fully saturated rings. The fraction of sp³-hybridized carbons (Fsp3) is 0.167. The Morgan fingerprint density at radius 2 is 1.73 bits per heavy atom. The Morgan fingerprint density at radius 1 is 1.05 bits per heavy atom. The standard InChI is InChI=1S/C18H17NOS2/c1-14-7-9-16(10-8-14)18(15-5-3-2-4-6-15)22(20)12-17-11-19-13-21-17/h2-11,13,18H,12H2,1H3/t18-,22+/m1/s1. The van der Waals surface area contributed by atoms with Gasteiger partial charge < -0.3 is 0 Å². The third-order valence-electron chi connectivity index (χ3n) is 3.51. The number of rotatable bonds is 5. The van der Waals surface area contributed by atoms with Gasteiger partial charge >= 0.3 is 0 Å². The molecule has 112 valence electrons. The summed E-state index contributed by atoms with van der Waals surface area (Å²) >= 11 is 1.56. The lowest BCUT2D eigenvalue weighted by molar-refractivity contribution is 0.678. The maximum Gasteiger partial charge on any atom is 0.0850 e. The zero-order valence-electron chi connectivity index (χ0n) is 12.3. The van der Waals surface area contributed by atoms with Gasteiger partial charge in [-0.2, -0.15) is 0 Å². The van der Waals surface area contributed by atoms with Crippen LogP contribution >= 0.6 is 11.3 Å². The Morgan fingerprint density at radius 3 is 2.36 bits per heavy atom. The Bertz CT molecular complexity index is 737. The van der Waals surface area contributed by atoms with Gasteiger partial charge in [0.2, 0.25) is 0 Å². The number of hydrogen-bond donors (Lipinski definition) is 0. The minimum atomic E-state index is -1.03. The first kappa shape index (κ1) is 15.1. The van der Waals surface area contributed by atoms with Crippen LogP contribution in [0.1, 0.15) is 26.8 Å². The Kier molecular flexibility index (Phi) is 4.80. The molecule has 0 saturated carbocycles. The van der Waals surface area contributed by atoms with Crippen LogP contribution in [0.15, 0.2) is 66.3 Å². The van der Waals surface area contributed by atoms with Crippen molar-refractivity contribution in [2.75, 3.05) is 0 Å². The van der Waals surface area contributed by atoms with Crippen molar-refractivity contribution in [2.24, 2.45) is 0 Å². The van der Waals surface area contributed by atoms with Crippen LogP contribution < -0.4 is 0 Å². The van der Waals surface area contributed by atoms with Crippen molar-refractivity contribution in [1.82, 2.24) is 4.98 Å². The second-order valence-corrected chi connectivity index (χ2v) is 7.69. The highest BCUT2D eigenvalue weighted by Gasteiger charge is 2.21. The van der Waals surface area contributed by atoms with Crippen LogP contribution in [0.5, 0.6) is 0 Å². The van der Waals surface area contributed by atoms with Crippen molar-refractivity contribution in [1.29, 1.82) is 0 Å². The molecular formula is C18H17NOS2. The summed E-state index contributed by atoms with van der Waals surface area (Å²) in [5.74, 6) is 0.540. The molecule has 1 heterocycles. The van der Waals surface area contributed by atoms with Crippen LogP contribution in [-0.2, 0) is 16.6 Å². The second-order valence-electron chi connectivity index (χ2n) is 5.19. The van der Waals surface area contributed by atoms with Gasteiger partial charge in [-0.15, -0.1) is 11.3 Å². The predicted molar refractivity (Wildman–Crippen MR) is 93.4 cm³/mol. The van der Waals surface area contributed by atoms with E-state index in [0.29, 0.717) is 5.75 Å². The highest BCUT2D eigenvalue weighted by atomic mass is 32.2. The van der Waals surface area contributed by atoms with E-state index in [-0.39, 0.29) is 5.25 Å². The zero-order valence-corrected chi connectivity index (χ0v) is 13.9. The summed E-state index contributed by atoms with van der Waals surface area (Å²) in [6.07, 6.45) is 1.81. The maximum atomic E-state index is 13.0. The number of nitrogens with zero attached hydrogens (tertiary/aromatic N) is 1. The fourth-order valence-electron chi connectivity index (χ4n) is 2.40. The molecule has 0 saturated heterocycles. The van der Waals surface area contributed by atoms with Gasteiger partial charge in [-0.1, -0.05) is 60.2 Å². The van der Waals surface area contributed by atoms with Crippen molar-refractivity contribution in [3.8, 4) is 0 Å². The molecule has 2 atom stereocenters. The van der Waals surface area contributed by atoms with E-state index < -0.39 is 10.8 Å². The predicted octanol–water partition coefficient (Wildman–Crippen LogP) is 4.49. The average Bonchev–Trinajstić information content (AvgIpc) is 3.03. The second kappa shape index (κ2) is 6.99. The van der Waals surface area contributed by atoms with Gasteiger partial charge in [0, 0.05) is 21.9 Å². The molecular weight excluding hydrogens is 310 g/mol. The highest BCUT2D eigenvalue weighted by Crippen LogP contribution is 2.30. The molecule has 0 spiro atoms. The Labute approximate surface area is 137 Å². The van der Waals surface area contributed by atoms with Crippen LogP contribution in [0.2, 0.25) is 0 Å². The molecule has 0 unspecified atom stereocenters. The molecule has 0 aliphatic rings. The molecule has 3 aromatic rings. The summed E-state index contributed by atoms with van der Waals surface area (Å²) in [5, 5.41) is -0.108. The lowest BCUT2D eigenvalue weighted by atomic mass is 10.0. The maximum absolute atomic E-state index is 13.0. The van der Waals surface area contributed by atoms with Gasteiger partial charge in [-0.3, -0.25) is 9.19 Å². The van der Waals surface area contributed by atoms with E-state index in [4.69, 9.17) is 0 Å². The Hall–Kier alpha value is -1.78. The average molecular weight is 327 g/mol. The zero-order chi connectivity index (χ0) is 15.4. The number of hydrogen-bond acceptors (Lipinski definition) is 3. The molecule has 0 N–H and O–H groups in total. The van der Waals surface area contributed by atoms with Gasteiger partial charge in [0.15, 0.2) is 0 Å². The van der Waals surface area contributed by atoms with Crippen molar-refractivity contribution < 1.29 is 4.21 Å². The minimum absolute atomic E-state index is 0.108. The van der Waals surface area contributed by atoms with Gasteiger partial charge in [0.25, 0.3) is 0 Å². The SMILES string of the molecule is Cc1ccc([C@@H](c2ccccc2)[S@@](=O)Cc2cncs2)cc1. The molecule has 2 nitrogen and oxygen atoms in total. The number of thiazole rings is 1. The number of benzene rings is 2. The smallest absolute Gasteiger partial charge is 0.0850 e. The quantitative estimate of drug-likeness (QED) is 0.691. The third-order valence-corrected chi connectivity index (χ3v) is 6.14. The lowest BCUT2D eigenvalue weighted by Crippen LogP contribution is -2.10. The van der Waals surface area contributed by atoms with Gasteiger partial charge in [-0.05, 0) is 18.1 Å². The molecule has 0 radical (unpaired) electrons. The topological polar surface area (TPSA) is 30.0 Å². The molecule has 1 aromatic heterocycles. The molecule has 4 heteroatoms. The molecule has 22 heavy (non-hydrogen) atoms. The molecule has 0 aliphatic heterocycles. The highest BCUT2D eigenvalue weighted by molar-refractivity contribution is 7.84. The van der Waals surface area contributed by atoms with Gasteiger partial charge in [0.05, 0.1) is 16.5 Å².